The molecule has 0 aliphatic carbocycles. The lowest BCUT2D eigenvalue weighted by Crippen LogP contribution is -2.22. The lowest BCUT2D eigenvalue weighted by molar-refractivity contribution is 0.0333. The number of aliphatic hydroxyl groups is 1. The van der Waals surface area contributed by atoms with Crippen LogP contribution in [-0.4, -0.2) is 42.6 Å². The lowest BCUT2D eigenvalue weighted by atomic mass is 10.00. The number of carboxylic acid groups (broad SMARTS) is 1. The second kappa shape index (κ2) is 6.86. The smallest absolute Gasteiger partial charge is 0.335 e. The van der Waals surface area contributed by atoms with Crippen LogP contribution in [0.4, 0.5) is 0 Å². The summed E-state index contributed by atoms with van der Waals surface area (Å²) in [5.41, 5.74) is 0.195. The van der Waals surface area contributed by atoms with Crippen molar-refractivity contribution in [2.24, 2.45) is 0 Å². The van der Waals surface area contributed by atoms with Crippen LogP contribution < -0.4 is 4.74 Å². The van der Waals surface area contributed by atoms with Gasteiger partial charge in [-0.1, -0.05) is 30.3 Å². The molecule has 0 saturated carbocycles. The molecule has 1 unspecified atom stereocenters. The van der Waals surface area contributed by atoms with Gasteiger partial charge in [0.05, 0.1) is 12.2 Å². The molecular weight excluding hydrogens is 308 g/mol. The van der Waals surface area contributed by atoms with Crippen molar-refractivity contribution < 1.29 is 24.5 Å². The zero-order valence-electron chi connectivity index (χ0n) is 13.2. The number of fused-ring (bicyclic) bond motifs is 2. The number of aromatic carboxylic acids is 1. The second-order valence-electron chi connectivity index (χ2n) is 5.59. The summed E-state index contributed by atoms with van der Waals surface area (Å²) in [5.74, 6) is -0.420. The molecule has 0 aliphatic rings. The highest BCUT2D eigenvalue weighted by Crippen LogP contribution is 2.35. The van der Waals surface area contributed by atoms with E-state index < -0.39 is 12.1 Å². The van der Waals surface area contributed by atoms with Crippen LogP contribution in [0.3, 0.4) is 0 Å². The van der Waals surface area contributed by atoms with Gasteiger partial charge >= 0.3 is 5.97 Å². The number of methoxy groups -OCH3 is 1. The molecule has 0 saturated heterocycles. The quantitative estimate of drug-likeness (QED) is 0.681. The molecular formula is C19H18O5. The van der Waals surface area contributed by atoms with E-state index in [1.165, 1.54) is 7.11 Å². The molecule has 3 aromatic carbocycles. The monoisotopic (exact) mass is 326 g/mol. The Morgan fingerprint density at radius 2 is 1.79 bits per heavy atom. The highest BCUT2D eigenvalue weighted by molar-refractivity contribution is 6.07. The number of carboxylic acids is 1. The highest BCUT2D eigenvalue weighted by Gasteiger charge is 2.13. The largest absolute Gasteiger partial charge is 0.489 e. The summed E-state index contributed by atoms with van der Waals surface area (Å²) < 4.78 is 10.8. The number of hydrogen-bond acceptors (Lipinski definition) is 4. The molecule has 3 rings (SSSR count). The van der Waals surface area contributed by atoms with E-state index in [1.54, 1.807) is 18.2 Å². The third-order valence-corrected chi connectivity index (χ3v) is 3.84. The molecule has 0 aromatic heterocycles. The summed E-state index contributed by atoms with van der Waals surface area (Å²) in [6.45, 7) is 0.233. The number of rotatable bonds is 6. The first-order valence-corrected chi connectivity index (χ1v) is 7.58. The van der Waals surface area contributed by atoms with E-state index in [0.29, 0.717) is 11.1 Å². The number of benzene rings is 3. The Hall–Kier alpha value is -2.63. The SMILES string of the molecule is COCC(O)COc1c2ccccc2cc2ccc(C(=O)O)cc12. The summed E-state index contributed by atoms with van der Waals surface area (Å²) in [4.78, 5) is 11.3. The van der Waals surface area contributed by atoms with Crippen molar-refractivity contribution in [2.75, 3.05) is 20.3 Å². The predicted molar refractivity (Wildman–Crippen MR) is 91.8 cm³/mol. The van der Waals surface area contributed by atoms with Crippen LogP contribution >= 0.6 is 0 Å². The Morgan fingerprint density at radius 1 is 1.04 bits per heavy atom. The topological polar surface area (TPSA) is 76.0 Å². The van der Waals surface area contributed by atoms with E-state index in [9.17, 15) is 15.0 Å². The summed E-state index contributed by atoms with van der Waals surface area (Å²) in [5, 5.41) is 22.5. The average molecular weight is 326 g/mol. The molecule has 0 amide bonds. The van der Waals surface area contributed by atoms with Gasteiger partial charge in [0.1, 0.15) is 18.5 Å². The second-order valence-corrected chi connectivity index (χ2v) is 5.59. The van der Waals surface area contributed by atoms with Crippen molar-refractivity contribution in [2.45, 2.75) is 6.10 Å². The van der Waals surface area contributed by atoms with Gasteiger partial charge in [0.25, 0.3) is 0 Å². The van der Waals surface area contributed by atoms with Crippen molar-refractivity contribution in [3.05, 3.63) is 54.1 Å². The van der Waals surface area contributed by atoms with Gasteiger partial charge in [0, 0.05) is 17.9 Å². The third-order valence-electron chi connectivity index (χ3n) is 3.84. The minimum Gasteiger partial charge on any atom is -0.489 e. The fourth-order valence-corrected chi connectivity index (χ4v) is 2.73. The number of aliphatic hydroxyl groups excluding tert-OH is 1. The fraction of sp³-hybridized carbons (Fsp3) is 0.211. The first kappa shape index (κ1) is 16.2. The van der Waals surface area contributed by atoms with E-state index in [4.69, 9.17) is 9.47 Å². The molecule has 24 heavy (non-hydrogen) atoms. The third kappa shape index (κ3) is 3.18. The molecule has 0 spiro atoms. The van der Waals surface area contributed by atoms with E-state index in [1.807, 2.05) is 30.3 Å². The van der Waals surface area contributed by atoms with Crippen molar-refractivity contribution in [3.8, 4) is 5.75 Å². The van der Waals surface area contributed by atoms with Crippen LogP contribution in [-0.2, 0) is 4.74 Å². The van der Waals surface area contributed by atoms with Crippen LogP contribution in [0.25, 0.3) is 21.5 Å². The van der Waals surface area contributed by atoms with Crippen LogP contribution in [0.5, 0.6) is 5.75 Å². The van der Waals surface area contributed by atoms with Gasteiger partial charge in [-0.05, 0) is 29.0 Å². The van der Waals surface area contributed by atoms with E-state index in [0.717, 1.165) is 16.2 Å². The number of ether oxygens (including phenoxy) is 2. The zero-order valence-corrected chi connectivity index (χ0v) is 13.2. The van der Waals surface area contributed by atoms with Crippen LogP contribution in [0, 0.1) is 0 Å². The van der Waals surface area contributed by atoms with Crippen LogP contribution in [0.2, 0.25) is 0 Å². The normalized spacial score (nSPS) is 12.4. The molecule has 2 N–H and O–H groups in total. The van der Waals surface area contributed by atoms with Gasteiger partial charge in [-0.25, -0.2) is 4.79 Å². The Morgan fingerprint density at radius 3 is 2.54 bits per heavy atom. The van der Waals surface area contributed by atoms with Gasteiger partial charge in [0.15, 0.2) is 0 Å². The summed E-state index contributed by atoms with van der Waals surface area (Å²) in [6, 6.07) is 14.7. The fourth-order valence-electron chi connectivity index (χ4n) is 2.73. The Balaban J connectivity index is 2.15. The first-order chi connectivity index (χ1) is 11.6. The molecule has 3 aromatic rings. The molecule has 5 heteroatoms. The average Bonchev–Trinajstić information content (AvgIpc) is 2.58. The molecule has 5 nitrogen and oxygen atoms in total. The van der Waals surface area contributed by atoms with Gasteiger partial charge in [-0.15, -0.1) is 0 Å². The van der Waals surface area contributed by atoms with Gasteiger partial charge in [0.2, 0.25) is 0 Å². The number of hydrogen-bond donors (Lipinski definition) is 2. The Kier molecular flexibility index (Phi) is 4.64. The van der Waals surface area contributed by atoms with E-state index in [-0.39, 0.29) is 18.8 Å². The van der Waals surface area contributed by atoms with Crippen molar-refractivity contribution >= 4 is 27.5 Å². The molecule has 0 bridgehead atoms. The maximum atomic E-state index is 11.3. The van der Waals surface area contributed by atoms with Crippen molar-refractivity contribution in [1.82, 2.24) is 0 Å². The Labute approximate surface area is 139 Å². The summed E-state index contributed by atoms with van der Waals surface area (Å²) >= 11 is 0. The van der Waals surface area contributed by atoms with E-state index in [2.05, 4.69) is 0 Å². The maximum Gasteiger partial charge on any atom is 0.335 e. The first-order valence-electron chi connectivity index (χ1n) is 7.58. The van der Waals surface area contributed by atoms with Crippen molar-refractivity contribution in [3.63, 3.8) is 0 Å². The highest BCUT2D eigenvalue weighted by atomic mass is 16.5. The number of carbonyl (C=O) groups is 1. The molecule has 124 valence electrons. The minimum absolute atomic E-state index is 0.0637. The predicted octanol–water partition coefficient (Wildman–Crippen LogP) is 3.08. The lowest BCUT2D eigenvalue weighted by Gasteiger charge is -2.16. The molecule has 0 aliphatic heterocycles. The summed E-state index contributed by atoms with van der Waals surface area (Å²) in [6.07, 6.45) is -0.758. The molecule has 0 radical (unpaired) electrons. The van der Waals surface area contributed by atoms with Crippen LogP contribution in [0.15, 0.2) is 48.5 Å². The Bertz CT molecular complexity index is 887. The summed E-state index contributed by atoms with van der Waals surface area (Å²) in [7, 11) is 1.51. The van der Waals surface area contributed by atoms with Gasteiger partial charge in [-0.2, -0.15) is 0 Å². The van der Waals surface area contributed by atoms with E-state index >= 15 is 0 Å². The van der Waals surface area contributed by atoms with Gasteiger partial charge < -0.3 is 19.7 Å². The van der Waals surface area contributed by atoms with Crippen LogP contribution in [0.1, 0.15) is 10.4 Å². The minimum atomic E-state index is -0.990. The van der Waals surface area contributed by atoms with Crippen molar-refractivity contribution in [1.29, 1.82) is 0 Å². The standard InChI is InChI=1S/C19H18O5/c1-23-10-15(20)11-24-18-16-5-3-2-4-12(16)8-13-6-7-14(19(21)22)9-17(13)18/h2-9,15,20H,10-11H2,1H3,(H,21,22). The van der Waals surface area contributed by atoms with Gasteiger partial charge in [-0.3, -0.25) is 0 Å². The zero-order chi connectivity index (χ0) is 17.1. The molecule has 1 atom stereocenters. The maximum absolute atomic E-state index is 11.3. The molecule has 0 heterocycles. The molecule has 0 fully saturated rings.